The van der Waals surface area contributed by atoms with Crippen LogP contribution in [0.25, 0.3) is 27.9 Å². The minimum atomic E-state index is -0.209. The number of hydrogen-bond donors (Lipinski definition) is 1. The fourth-order valence-corrected chi connectivity index (χ4v) is 4.26. The average molecular weight is 456 g/mol. The van der Waals surface area contributed by atoms with Crippen molar-refractivity contribution in [1.82, 2.24) is 14.9 Å². The van der Waals surface area contributed by atoms with Crippen molar-refractivity contribution in [3.05, 3.63) is 107 Å². The van der Waals surface area contributed by atoms with Crippen LogP contribution in [0.4, 0.5) is 0 Å². The number of carbonyl (C=O) groups is 1. The van der Waals surface area contributed by atoms with E-state index < -0.39 is 0 Å². The largest absolute Gasteiger partial charge is 0.472 e. The van der Waals surface area contributed by atoms with Gasteiger partial charge in [-0.1, -0.05) is 61.0 Å². The zero-order valence-corrected chi connectivity index (χ0v) is 18.8. The highest BCUT2D eigenvalue weighted by molar-refractivity contribution is 6.31. The van der Waals surface area contributed by atoms with Gasteiger partial charge in [-0.15, -0.1) is 0 Å². The maximum Gasteiger partial charge on any atom is 0.254 e. The molecule has 33 heavy (non-hydrogen) atoms. The van der Waals surface area contributed by atoms with E-state index in [-0.39, 0.29) is 5.91 Å². The van der Waals surface area contributed by atoms with Crippen molar-refractivity contribution in [3.63, 3.8) is 0 Å². The van der Waals surface area contributed by atoms with Crippen LogP contribution >= 0.6 is 11.6 Å². The van der Waals surface area contributed by atoms with Crippen molar-refractivity contribution in [2.75, 3.05) is 0 Å². The van der Waals surface area contributed by atoms with Crippen LogP contribution in [-0.4, -0.2) is 15.5 Å². The first-order valence-electron chi connectivity index (χ1n) is 10.8. The van der Waals surface area contributed by atoms with Gasteiger partial charge in [0.1, 0.15) is 5.69 Å². The Labute approximate surface area is 196 Å². The van der Waals surface area contributed by atoms with Gasteiger partial charge in [0.05, 0.1) is 23.6 Å². The van der Waals surface area contributed by atoms with Gasteiger partial charge in [-0.05, 0) is 47.9 Å². The zero-order valence-electron chi connectivity index (χ0n) is 18.1. The van der Waals surface area contributed by atoms with Crippen LogP contribution in [0.5, 0.6) is 0 Å². The lowest BCUT2D eigenvalue weighted by molar-refractivity contribution is 0.0952. The number of aryl methyl sites for hydroxylation is 1. The van der Waals surface area contributed by atoms with E-state index in [2.05, 4.69) is 12.2 Å². The third kappa shape index (κ3) is 4.03. The van der Waals surface area contributed by atoms with Crippen LogP contribution in [-0.2, 0) is 13.0 Å². The minimum Gasteiger partial charge on any atom is -0.472 e. The summed E-state index contributed by atoms with van der Waals surface area (Å²) >= 11 is 6.35. The Kier molecular flexibility index (Phi) is 5.71. The maximum atomic E-state index is 13.7. The van der Waals surface area contributed by atoms with Crippen molar-refractivity contribution >= 4 is 23.0 Å². The van der Waals surface area contributed by atoms with Crippen LogP contribution in [0.2, 0.25) is 5.02 Å². The number of carbonyl (C=O) groups excluding carboxylic acids is 1. The topological polar surface area (TPSA) is 59.5 Å². The van der Waals surface area contributed by atoms with Gasteiger partial charge in [-0.2, -0.15) is 5.10 Å². The summed E-state index contributed by atoms with van der Waals surface area (Å²) in [6.07, 6.45) is 4.00. The summed E-state index contributed by atoms with van der Waals surface area (Å²) in [5.41, 5.74) is 6.34. The van der Waals surface area contributed by atoms with Gasteiger partial charge < -0.3 is 9.73 Å². The van der Waals surface area contributed by atoms with Crippen LogP contribution in [0.3, 0.4) is 0 Å². The molecule has 2 aromatic carbocycles. The standard InChI is InChI=1S/C27H22ClN3O2/c1-2-22-11-12-23-24(19-9-6-10-21(28)15-19)25(26(30-31(22)23)20-13-14-33-17-20)27(32)29-16-18-7-4-3-5-8-18/h3-15,17H,2,16H2,1H3,(H,29,32). The fraction of sp³-hybridized carbons (Fsp3) is 0.111. The zero-order chi connectivity index (χ0) is 22.8. The summed E-state index contributed by atoms with van der Waals surface area (Å²) in [6, 6.07) is 23.3. The molecule has 1 N–H and O–H groups in total. The molecule has 5 aromatic rings. The van der Waals surface area contributed by atoms with E-state index in [1.807, 2.05) is 77.3 Å². The highest BCUT2D eigenvalue weighted by atomic mass is 35.5. The van der Waals surface area contributed by atoms with Gasteiger partial charge in [0, 0.05) is 28.4 Å². The van der Waals surface area contributed by atoms with E-state index in [1.54, 1.807) is 12.5 Å². The third-order valence-electron chi connectivity index (χ3n) is 5.67. The second-order valence-electron chi connectivity index (χ2n) is 7.76. The second kappa shape index (κ2) is 8.96. The Balaban J connectivity index is 1.75. The summed E-state index contributed by atoms with van der Waals surface area (Å²) in [5, 5.41) is 8.57. The lowest BCUT2D eigenvalue weighted by Gasteiger charge is -2.17. The Bertz CT molecular complexity index is 1420. The lowest BCUT2D eigenvalue weighted by atomic mass is 9.95. The molecule has 0 fully saturated rings. The Morgan fingerprint density at radius 3 is 2.61 bits per heavy atom. The summed E-state index contributed by atoms with van der Waals surface area (Å²) in [6.45, 7) is 2.49. The first-order chi connectivity index (χ1) is 16.2. The monoisotopic (exact) mass is 455 g/mol. The number of rotatable bonds is 6. The quantitative estimate of drug-likeness (QED) is 0.322. The van der Waals surface area contributed by atoms with E-state index in [4.69, 9.17) is 21.1 Å². The highest BCUT2D eigenvalue weighted by Gasteiger charge is 2.25. The van der Waals surface area contributed by atoms with E-state index in [0.29, 0.717) is 22.8 Å². The number of fused-ring (bicyclic) bond motifs is 1. The van der Waals surface area contributed by atoms with Crippen LogP contribution < -0.4 is 5.32 Å². The maximum absolute atomic E-state index is 13.7. The Morgan fingerprint density at radius 2 is 1.88 bits per heavy atom. The van der Waals surface area contributed by atoms with Crippen molar-refractivity contribution in [2.24, 2.45) is 0 Å². The summed E-state index contributed by atoms with van der Waals surface area (Å²) in [5.74, 6) is -0.209. The molecule has 1 amide bonds. The molecule has 5 rings (SSSR count). The van der Waals surface area contributed by atoms with Crippen molar-refractivity contribution < 1.29 is 9.21 Å². The molecule has 0 spiro atoms. The molecule has 0 bridgehead atoms. The highest BCUT2D eigenvalue weighted by Crippen LogP contribution is 2.36. The first-order valence-corrected chi connectivity index (χ1v) is 11.2. The van der Waals surface area contributed by atoms with E-state index in [1.165, 1.54) is 0 Å². The molecule has 0 aliphatic carbocycles. The van der Waals surface area contributed by atoms with Crippen molar-refractivity contribution in [1.29, 1.82) is 0 Å². The molecular formula is C27H22ClN3O2. The minimum absolute atomic E-state index is 0.209. The Hall–Kier alpha value is -3.83. The molecule has 5 nitrogen and oxygen atoms in total. The molecule has 0 saturated carbocycles. The molecule has 6 heteroatoms. The number of halogens is 1. The van der Waals surface area contributed by atoms with Crippen LogP contribution in [0.15, 0.2) is 89.7 Å². The number of hydrogen-bond acceptors (Lipinski definition) is 3. The van der Waals surface area contributed by atoms with Gasteiger partial charge in [-0.3, -0.25) is 4.79 Å². The molecule has 0 aliphatic rings. The summed E-state index contributed by atoms with van der Waals surface area (Å²) < 4.78 is 7.25. The number of nitrogens with one attached hydrogen (secondary N) is 1. The van der Waals surface area contributed by atoms with Crippen LogP contribution in [0.1, 0.15) is 28.5 Å². The molecule has 0 atom stereocenters. The van der Waals surface area contributed by atoms with Gasteiger partial charge >= 0.3 is 0 Å². The van der Waals surface area contributed by atoms with E-state index in [0.717, 1.165) is 39.9 Å². The average Bonchev–Trinajstić information content (AvgIpc) is 3.52. The molecule has 3 aromatic heterocycles. The predicted molar refractivity (Wildman–Crippen MR) is 130 cm³/mol. The van der Waals surface area contributed by atoms with Gasteiger partial charge in [-0.25, -0.2) is 4.52 Å². The van der Waals surface area contributed by atoms with Crippen molar-refractivity contribution in [2.45, 2.75) is 19.9 Å². The predicted octanol–water partition coefficient (Wildman–Crippen LogP) is 6.41. The molecule has 0 aliphatic heterocycles. The molecule has 0 radical (unpaired) electrons. The fourth-order valence-electron chi connectivity index (χ4n) is 4.07. The second-order valence-corrected chi connectivity index (χ2v) is 8.20. The summed E-state index contributed by atoms with van der Waals surface area (Å²) in [4.78, 5) is 13.7. The van der Waals surface area contributed by atoms with Crippen LogP contribution in [0, 0.1) is 0 Å². The number of furan rings is 1. The number of amides is 1. The number of benzene rings is 2. The van der Waals surface area contributed by atoms with Crippen molar-refractivity contribution in [3.8, 4) is 22.4 Å². The number of aromatic nitrogens is 2. The molecule has 164 valence electrons. The SMILES string of the molecule is CCc1ccc2c(-c3cccc(Cl)c3)c(C(=O)NCc3ccccc3)c(-c3ccoc3)nn12. The Morgan fingerprint density at radius 1 is 1.03 bits per heavy atom. The van der Waals surface area contributed by atoms with E-state index >= 15 is 0 Å². The van der Waals surface area contributed by atoms with E-state index in [9.17, 15) is 4.79 Å². The normalized spacial score (nSPS) is 11.1. The van der Waals surface area contributed by atoms with Gasteiger partial charge in [0.15, 0.2) is 0 Å². The molecule has 0 unspecified atom stereocenters. The first kappa shape index (κ1) is 21.0. The third-order valence-corrected chi connectivity index (χ3v) is 5.90. The van der Waals surface area contributed by atoms with Gasteiger partial charge in [0.25, 0.3) is 5.91 Å². The summed E-state index contributed by atoms with van der Waals surface area (Å²) in [7, 11) is 0. The molecule has 0 saturated heterocycles. The lowest BCUT2D eigenvalue weighted by Crippen LogP contribution is -2.25. The van der Waals surface area contributed by atoms with Gasteiger partial charge in [0.2, 0.25) is 0 Å². The molecule has 3 heterocycles. The smallest absolute Gasteiger partial charge is 0.254 e. The number of nitrogens with zero attached hydrogens (tertiary/aromatic N) is 2. The molecular weight excluding hydrogens is 434 g/mol.